The molecular weight excluding hydrogens is 110 g/mol. The maximum Gasteiger partial charge on any atom is 0.129 e. The Hall–Kier alpha value is -0.160. The molecule has 0 aliphatic rings. The topological polar surface area (TPSA) is 72.7 Å². The molecule has 0 bridgehead atoms. The number of hydroxylamine groups is 1. The summed E-state index contributed by atoms with van der Waals surface area (Å²) in [7, 11) is 0. The predicted molar refractivity (Wildman–Crippen MR) is 27.2 cm³/mol. The zero-order valence-electron chi connectivity index (χ0n) is 4.70. The Morgan fingerprint density at radius 3 is 2.12 bits per heavy atom. The molecule has 0 amide bonds. The maximum absolute atomic E-state index is 8.54. The van der Waals surface area contributed by atoms with Crippen molar-refractivity contribution in [2.45, 2.75) is 25.7 Å². The molecule has 4 N–H and O–H groups in total. The summed E-state index contributed by atoms with van der Waals surface area (Å²) in [5.74, 6) is 0. The zero-order chi connectivity index (χ0) is 6.57. The fraction of sp³-hybridized carbons (Fsp3) is 1.00. The lowest BCUT2D eigenvalue weighted by Crippen LogP contribution is -2.28. The van der Waals surface area contributed by atoms with Crippen LogP contribution >= 0.6 is 0 Å². The normalized spacial score (nSPS) is 18.0. The van der Waals surface area contributed by atoms with Crippen LogP contribution in [0.5, 0.6) is 0 Å². The average Bonchev–Trinajstić information content (AvgIpc) is 1.65. The SMILES string of the molecule is CC(O)CC(O)NO. The highest BCUT2D eigenvalue weighted by Crippen LogP contribution is 1.91. The van der Waals surface area contributed by atoms with Crippen LogP contribution in [0.1, 0.15) is 13.3 Å². The van der Waals surface area contributed by atoms with Gasteiger partial charge in [0.25, 0.3) is 0 Å². The standard InChI is InChI=1S/C4H11NO3/c1-3(6)2-4(7)5-8/h3-8H,2H2,1H3. The predicted octanol–water partition coefficient (Wildman–Crippen LogP) is -0.946. The molecule has 0 fully saturated rings. The van der Waals surface area contributed by atoms with E-state index in [0.29, 0.717) is 0 Å². The average molecular weight is 121 g/mol. The van der Waals surface area contributed by atoms with Gasteiger partial charge in [0, 0.05) is 6.42 Å². The molecule has 0 aromatic heterocycles. The molecule has 0 aromatic carbocycles. The van der Waals surface area contributed by atoms with Crippen molar-refractivity contribution < 1.29 is 15.4 Å². The first-order valence-corrected chi connectivity index (χ1v) is 2.42. The summed E-state index contributed by atoms with van der Waals surface area (Å²) in [6.45, 7) is 1.53. The zero-order valence-corrected chi connectivity index (χ0v) is 4.70. The quantitative estimate of drug-likeness (QED) is 0.287. The van der Waals surface area contributed by atoms with E-state index in [9.17, 15) is 0 Å². The van der Waals surface area contributed by atoms with Crippen LogP contribution in [-0.2, 0) is 0 Å². The summed E-state index contributed by atoms with van der Waals surface area (Å²) in [4.78, 5) is 0. The lowest BCUT2D eigenvalue weighted by atomic mass is 10.3. The van der Waals surface area contributed by atoms with Gasteiger partial charge < -0.3 is 15.4 Å². The molecule has 4 heteroatoms. The number of aliphatic hydroxyl groups is 2. The molecule has 0 aliphatic carbocycles. The first-order valence-electron chi connectivity index (χ1n) is 2.42. The molecule has 0 saturated heterocycles. The van der Waals surface area contributed by atoms with Crippen molar-refractivity contribution >= 4 is 0 Å². The lowest BCUT2D eigenvalue weighted by Gasteiger charge is -2.08. The van der Waals surface area contributed by atoms with E-state index in [-0.39, 0.29) is 6.42 Å². The molecule has 2 atom stereocenters. The Balaban J connectivity index is 3.10. The van der Waals surface area contributed by atoms with E-state index in [0.717, 1.165) is 0 Å². The molecule has 0 spiro atoms. The summed E-state index contributed by atoms with van der Waals surface area (Å²) in [6, 6.07) is 0. The molecule has 0 aliphatic heterocycles. The van der Waals surface area contributed by atoms with Crippen molar-refractivity contribution in [2.24, 2.45) is 0 Å². The molecule has 2 unspecified atom stereocenters. The van der Waals surface area contributed by atoms with Crippen molar-refractivity contribution in [3.63, 3.8) is 0 Å². The van der Waals surface area contributed by atoms with Crippen molar-refractivity contribution in [2.75, 3.05) is 0 Å². The Labute approximate surface area is 47.7 Å². The third kappa shape index (κ3) is 4.01. The van der Waals surface area contributed by atoms with Gasteiger partial charge in [-0.15, -0.1) is 0 Å². The van der Waals surface area contributed by atoms with Gasteiger partial charge >= 0.3 is 0 Å². The molecule has 0 heterocycles. The molecule has 0 saturated carbocycles. The summed E-state index contributed by atoms with van der Waals surface area (Å²) < 4.78 is 0. The van der Waals surface area contributed by atoms with Gasteiger partial charge in [0.1, 0.15) is 6.23 Å². The minimum Gasteiger partial charge on any atom is -0.393 e. The highest BCUT2D eigenvalue weighted by molar-refractivity contribution is 4.50. The Morgan fingerprint density at radius 2 is 2.00 bits per heavy atom. The highest BCUT2D eigenvalue weighted by Gasteiger charge is 2.03. The van der Waals surface area contributed by atoms with Gasteiger partial charge in [-0.3, -0.25) is 0 Å². The van der Waals surface area contributed by atoms with Crippen LogP contribution < -0.4 is 5.48 Å². The summed E-state index contributed by atoms with van der Waals surface area (Å²) in [5.41, 5.74) is 1.59. The highest BCUT2D eigenvalue weighted by atomic mass is 16.5. The first-order chi connectivity index (χ1) is 3.66. The second kappa shape index (κ2) is 3.80. The summed E-state index contributed by atoms with van der Waals surface area (Å²) in [6.07, 6.45) is -1.48. The monoisotopic (exact) mass is 121 g/mol. The van der Waals surface area contributed by atoms with Crippen LogP contribution in [0.3, 0.4) is 0 Å². The van der Waals surface area contributed by atoms with Crippen molar-refractivity contribution in [1.82, 2.24) is 5.48 Å². The third-order valence-corrected chi connectivity index (χ3v) is 0.713. The van der Waals surface area contributed by atoms with Gasteiger partial charge in [-0.1, -0.05) is 0 Å². The summed E-state index contributed by atoms with van der Waals surface area (Å²) in [5, 5.41) is 25.0. The number of hydrogen-bond donors (Lipinski definition) is 4. The number of rotatable bonds is 3. The number of aliphatic hydroxyl groups excluding tert-OH is 2. The van der Waals surface area contributed by atoms with E-state index in [1.165, 1.54) is 6.92 Å². The first kappa shape index (κ1) is 7.84. The molecule has 4 nitrogen and oxygen atoms in total. The van der Waals surface area contributed by atoms with E-state index in [2.05, 4.69) is 0 Å². The maximum atomic E-state index is 8.54. The van der Waals surface area contributed by atoms with Gasteiger partial charge in [-0.2, -0.15) is 5.48 Å². The van der Waals surface area contributed by atoms with E-state index in [1.807, 2.05) is 0 Å². The van der Waals surface area contributed by atoms with E-state index >= 15 is 0 Å². The fourth-order valence-electron chi connectivity index (χ4n) is 0.376. The van der Waals surface area contributed by atoms with E-state index in [1.54, 1.807) is 5.48 Å². The molecule has 0 rings (SSSR count). The largest absolute Gasteiger partial charge is 0.393 e. The van der Waals surface area contributed by atoms with Gasteiger partial charge in [0.2, 0.25) is 0 Å². The molecule has 8 heavy (non-hydrogen) atoms. The van der Waals surface area contributed by atoms with Crippen LogP contribution in [-0.4, -0.2) is 27.8 Å². The second-order valence-corrected chi connectivity index (χ2v) is 1.73. The van der Waals surface area contributed by atoms with Crippen molar-refractivity contribution in [3.05, 3.63) is 0 Å². The molecular formula is C4H11NO3. The number of hydrogen-bond acceptors (Lipinski definition) is 4. The van der Waals surface area contributed by atoms with Crippen LogP contribution in [0.2, 0.25) is 0 Å². The van der Waals surface area contributed by atoms with Gasteiger partial charge in [-0.05, 0) is 6.92 Å². The van der Waals surface area contributed by atoms with Crippen LogP contribution in [0.25, 0.3) is 0 Å². The fourth-order valence-corrected chi connectivity index (χ4v) is 0.376. The number of nitrogens with one attached hydrogen (secondary N) is 1. The van der Waals surface area contributed by atoms with E-state index in [4.69, 9.17) is 15.4 Å². The van der Waals surface area contributed by atoms with Gasteiger partial charge in [-0.25, -0.2) is 0 Å². The Bertz CT molecular complexity index is 57.2. The van der Waals surface area contributed by atoms with Crippen molar-refractivity contribution in [1.29, 1.82) is 0 Å². The van der Waals surface area contributed by atoms with Crippen LogP contribution in [0.15, 0.2) is 0 Å². The second-order valence-electron chi connectivity index (χ2n) is 1.73. The third-order valence-electron chi connectivity index (χ3n) is 0.713. The molecule has 0 radical (unpaired) electrons. The van der Waals surface area contributed by atoms with Gasteiger partial charge in [0.05, 0.1) is 6.10 Å². The van der Waals surface area contributed by atoms with Crippen molar-refractivity contribution in [3.8, 4) is 0 Å². The molecule has 50 valence electrons. The van der Waals surface area contributed by atoms with Crippen LogP contribution in [0, 0.1) is 0 Å². The van der Waals surface area contributed by atoms with Gasteiger partial charge in [0.15, 0.2) is 0 Å². The van der Waals surface area contributed by atoms with E-state index < -0.39 is 12.3 Å². The van der Waals surface area contributed by atoms with Crippen LogP contribution in [0.4, 0.5) is 0 Å². The minimum absolute atomic E-state index is 0.135. The Morgan fingerprint density at radius 1 is 1.50 bits per heavy atom. The Kier molecular flexibility index (Phi) is 3.72. The summed E-state index contributed by atoms with van der Waals surface area (Å²) >= 11 is 0. The smallest absolute Gasteiger partial charge is 0.129 e. The molecule has 0 aromatic rings. The minimum atomic E-state index is -1.02. The lowest BCUT2D eigenvalue weighted by molar-refractivity contribution is -0.0237.